The van der Waals surface area contributed by atoms with Crippen molar-refractivity contribution in [1.82, 2.24) is 0 Å². The molecule has 1 aliphatic rings. The van der Waals surface area contributed by atoms with Gasteiger partial charge in [0.2, 0.25) is 0 Å². The Balaban J connectivity index is 2.18. The third-order valence-corrected chi connectivity index (χ3v) is 7.10. The average molecular weight is 352 g/mol. The van der Waals surface area contributed by atoms with Crippen LogP contribution in [0.4, 0.5) is 0 Å². The van der Waals surface area contributed by atoms with E-state index in [9.17, 15) is 0 Å². The van der Waals surface area contributed by atoms with Crippen molar-refractivity contribution in [3.05, 3.63) is 18.7 Å². The van der Waals surface area contributed by atoms with Gasteiger partial charge in [-0.1, -0.05) is 25.7 Å². The summed E-state index contributed by atoms with van der Waals surface area (Å²) in [5.74, 6) is 0. The van der Waals surface area contributed by atoms with E-state index in [1.807, 2.05) is 11.3 Å². The van der Waals surface area contributed by atoms with Crippen LogP contribution in [0.25, 0.3) is 0 Å². The molecule has 0 nitrogen and oxygen atoms in total. The van der Waals surface area contributed by atoms with Crippen molar-refractivity contribution in [2.24, 2.45) is 0 Å². The van der Waals surface area contributed by atoms with Crippen LogP contribution in [0.15, 0.2) is 8.95 Å². The maximum absolute atomic E-state index is 3.70. The molecule has 1 aliphatic heterocycles. The average Bonchev–Trinajstić information content (AvgIpc) is 2.50. The van der Waals surface area contributed by atoms with Crippen LogP contribution in [0.1, 0.15) is 48.3 Å². The summed E-state index contributed by atoms with van der Waals surface area (Å²) in [7, 11) is 0. The molecule has 0 spiro atoms. The zero-order valence-electron chi connectivity index (χ0n) is 8.82. The summed E-state index contributed by atoms with van der Waals surface area (Å²) < 4.78 is 2.64. The van der Waals surface area contributed by atoms with Gasteiger partial charge >= 0.3 is 0 Å². The predicted molar refractivity (Wildman–Crippen MR) is 74.8 cm³/mol. The second-order valence-corrected chi connectivity index (χ2v) is 6.97. The van der Waals surface area contributed by atoms with Gasteiger partial charge in [-0.2, -0.15) is 0 Å². The van der Waals surface area contributed by atoms with Gasteiger partial charge in [0.15, 0.2) is 0 Å². The number of aryl methyl sites for hydroxylation is 2. The van der Waals surface area contributed by atoms with Crippen LogP contribution in [0, 0.1) is 0 Å². The molecule has 15 heavy (non-hydrogen) atoms. The van der Waals surface area contributed by atoms with E-state index in [4.69, 9.17) is 0 Å². The highest BCUT2D eigenvalue weighted by Gasteiger charge is 2.14. The minimum atomic E-state index is 1.25. The summed E-state index contributed by atoms with van der Waals surface area (Å²) in [5, 5.41) is 0. The fraction of sp³-hybridized carbons (Fsp3) is 0.667. The van der Waals surface area contributed by atoms with Crippen LogP contribution < -0.4 is 0 Å². The molecular formula is C12H16Br2S. The molecule has 0 amide bonds. The molecule has 3 heteroatoms. The lowest BCUT2D eigenvalue weighted by molar-refractivity contribution is 0.596. The van der Waals surface area contributed by atoms with Gasteiger partial charge in [0, 0.05) is 18.7 Å². The molecule has 2 bridgehead atoms. The van der Waals surface area contributed by atoms with Gasteiger partial charge in [-0.3, -0.25) is 0 Å². The smallest absolute Gasteiger partial charge is 0.0459 e. The largest absolute Gasteiger partial charge is 0.143 e. The van der Waals surface area contributed by atoms with E-state index in [2.05, 4.69) is 31.9 Å². The van der Waals surface area contributed by atoms with E-state index < -0.39 is 0 Å². The molecule has 0 N–H and O–H groups in total. The van der Waals surface area contributed by atoms with Crippen molar-refractivity contribution in [2.45, 2.75) is 51.4 Å². The Morgan fingerprint density at radius 3 is 1.53 bits per heavy atom. The summed E-state index contributed by atoms with van der Waals surface area (Å²) in [5.41, 5.74) is 0. The predicted octanol–water partition coefficient (Wildman–Crippen LogP) is 5.71. The first kappa shape index (κ1) is 12.1. The van der Waals surface area contributed by atoms with Crippen LogP contribution in [0.5, 0.6) is 0 Å². The minimum absolute atomic E-state index is 1.25. The Labute approximate surface area is 113 Å². The first-order chi connectivity index (χ1) is 7.29. The number of hydrogen-bond donors (Lipinski definition) is 0. The molecule has 0 radical (unpaired) electrons. The number of rotatable bonds is 0. The second-order valence-electron chi connectivity index (χ2n) is 4.20. The second kappa shape index (κ2) is 5.83. The summed E-state index contributed by atoms with van der Waals surface area (Å²) in [6.07, 6.45) is 10.9. The lowest BCUT2D eigenvalue weighted by Gasteiger charge is -2.02. The molecule has 0 aromatic carbocycles. The van der Waals surface area contributed by atoms with Crippen LogP contribution in [-0.4, -0.2) is 0 Å². The zero-order chi connectivity index (χ0) is 10.7. The van der Waals surface area contributed by atoms with Crippen LogP contribution in [0.3, 0.4) is 0 Å². The number of hydrogen-bond acceptors (Lipinski definition) is 1. The summed E-state index contributed by atoms with van der Waals surface area (Å²) in [6, 6.07) is 0. The van der Waals surface area contributed by atoms with Gasteiger partial charge in [0.25, 0.3) is 0 Å². The molecule has 0 aliphatic carbocycles. The molecule has 1 aromatic heterocycles. The van der Waals surface area contributed by atoms with Gasteiger partial charge in [0.1, 0.15) is 0 Å². The fourth-order valence-electron chi connectivity index (χ4n) is 2.08. The third-order valence-electron chi connectivity index (χ3n) is 2.99. The number of thiophene rings is 1. The van der Waals surface area contributed by atoms with E-state index in [1.165, 1.54) is 60.3 Å². The van der Waals surface area contributed by atoms with Crippen LogP contribution in [0.2, 0.25) is 0 Å². The third kappa shape index (κ3) is 3.07. The van der Waals surface area contributed by atoms with Gasteiger partial charge in [0.05, 0.1) is 0 Å². The van der Waals surface area contributed by atoms with E-state index in [1.54, 1.807) is 9.75 Å². The van der Waals surface area contributed by atoms with Crippen LogP contribution in [-0.2, 0) is 12.8 Å². The maximum atomic E-state index is 3.70. The first-order valence-corrected chi connectivity index (χ1v) is 8.15. The molecular weight excluding hydrogens is 336 g/mol. The highest BCUT2D eigenvalue weighted by Crippen LogP contribution is 2.39. The lowest BCUT2D eigenvalue weighted by Crippen LogP contribution is -1.86. The van der Waals surface area contributed by atoms with E-state index in [0.29, 0.717) is 0 Å². The molecule has 0 unspecified atom stereocenters. The van der Waals surface area contributed by atoms with Crippen molar-refractivity contribution in [3.8, 4) is 0 Å². The van der Waals surface area contributed by atoms with Gasteiger partial charge in [-0.25, -0.2) is 0 Å². The van der Waals surface area contributed by atoms with E-state index in [-0.39, 0.29) is 0 Å². The molecule has 0 atom stereocenters. The fourth-order valence-corrected chi connectivity index (χ4v) is 4.88. The number of halogens is 2. The first-order valence-electron chi connectivity index (χ1n) is 5.74. The molecule has 0 fully saturated rings. The van der Waals surface area contributed by atoms with Gasteiger partial charge in [-0.05, 0) is 57.5 Å². The van der Waals surface area contributed by atoms with Crippen molar-refractivity contribution in [2.75, 3.05) is 0 Å². The molecule has 2 rings (SSSR count). The summed E-state index contributed by atoms with van der Waals surface area (Å²) in [4.78, 5) is 3.08. The highest BCUT2D eigenvalue weighted by atomic mass is 79.9. The molecule has 1 aromatic rings. The topological polar surface area (TPSA) is 0 Å². The van der Waals surface area contributed by atoms with Gasteiger partial charge in [-0.15, -0.1) is 11.3 Å². The Hall–Kier alpha value is 0.660. The number of fused-ring (bicyclic) bond motifs is 2. The standard InChI is InChI=1S/C12H16Br2S/c13-11-9-7-5-3-1-2-4-6-8-10(15-9)12(11)14/h1-8H2. The molecule has 84 valence electrons. The summed E-state index contributed by atoms with van der Waals surface area (Å²) in [6.45, 7) is 0. The Morgan fingerprint density at radius 1 is 0.667 bits per heavy atom. The molecule has 2 heterocycles. The maximum Gasteiger partial charge on any atom is 0.0459 e. The van der Waals surface area contributed by atoms with E-state index in [0.717, 1.165) is 0 Å². The Morgan fingerprint density at radius 2 is 1.07 bits per heavy atom. The van der Waals surface area contributed by atoms with Crippen molar-refractivity contribution in [1.29, 1.82) is 0 Å². The van der Waals surface area contributed by atoms with E-state index >= 15 is 0 Å². The molecule has 0 saturated carbocycles. The minimum Gasteiger partial charge on any atom is -0.143 e. The SMILES string of the molecule is Brc1c2sc(c1Br)CCCCCCCC2. The van der Waals surface area contributed by atoms with Gasteiger partial charge < -0.3 is 0 Å². The summed E-state index contributed by atoms with van der Waals surface area (Å²) >= 11 is 9.41. The molecule has 0 saturated heterocycles. The monoisotopic (exact) mass is 350 g/mol. The Bertz CT molecular complexity index is 300. The normalized spacial score (nSPS) is 18.5. The van der Waals surface area contributed by atoms with Crippen molar-refractivity contribution < 1.29 is 0 Å². The Kier molecular flexibility index (Phi) is 4.71. The van der Waals surface area contributed by atoms with Crippen molar-refractivity contribution in [3.63, 3.8) is 0 Å². The quantitative estimate of drug-likeness (QED) is 0.561. The lowest BCUT2D eigenvalue weighted by atomic mass is 10.1. The zero-order valence-corrected chi connectivity index (χ0v) is 12.8. The van der Waals surface area contributed by atoms with Crippen LogP contribution >= 0.6 is 43.2 Å². The highest BCUT2D eigenvalue weighted by molar-refractivity contribution is 9.13. The van der Waals surface area contributed by atoms with Crippen molar-refractivity contribution >= 4 is 43.2 Å².